The van der Waals surface area contributed by atoms with Gasteiger partial charge in [0.05, 0.1) is 11.2 Å². The van der Waals surface area contributed by atoms with Crippen molar-refractivity contribution in [3.63, 3.8) is 0 Å². The van der Waals surface area contributed by atoms with Gasteiger partial charge in [-0.2, -0.15) is 0 Å². The summed E-state index contributed by atoms with van der Waals surface area (Å²) < 4.78 is 8.32. The van der Waals surface area contributed by atoms with Crippen molar-refractivity contribution in [3.8, 4) is 45.5 Å². The van der Waals surface area contributed by atoms with Crippen molar-refractivity contribution in [1.29, 1.82) is 0 Å². The fraction of sp³-hybridized carbons (Fsp3) is 0.190. The van der Waals surface area contributed by atoms with Crippen LogP contribution >= 0.6 is 0 Å². The van der Waals surface area contributed by atoms with E-state index in [0.29, 0.717) is 11.6 Å². The van der Waals surface area contributed by atoms with Crippen LogP contribution in [0.25, 0.3) is 50.0 Å². The zero-order chi connectivity index (χ0) is 32.9. The zero-order valence-electron chi connectivity index (χ0n) is 28.0. The van der Waals surface area contributed by atoms with Gasteiger partial charge < -0.3 is 9.84 Å². The molecule has 0 atom stereocenters. The molecule has 3 aromatic heterocycles. The summed E-state index contributed by atoms with van der Waals surface area (Å²) in [7, 11) is 0. The average molecular weight is 812 g/mol. The molecular formula is C42H38N3O2Pt-. The van der Waals surface area contributed by atoms with Gasteiger partial charge in [-0.1, -0.05) is 132 Å². The van der Waals surface area contributed by atoms with E-state index in [4.69, 9.17) is 9.72 Å². The van der Waals surface area contributed by atoms with Gasteiger partial charge in [0, 0.05) is 55.4 Å². The quantitative estimate of drug-likeness (QED) is 0.176. The van der Waals surface area contributed by atoms with Crippen LogP contribution < -0.4 is 4.74 Å². The molecule has 5 nitrogen and oxygen atoms in total. The van der Waals surface area contributed by atoms with E-state index in [9.17, 15) is 5.11 Å². The molecule has 0 bridgehead atoms. The average Bonchev–Trinajstić information content (AvgIpc) is 3.38. The number of pyridine rings is 2. The van der Waals surface area contributed by atoms with Gasteiger partial charge in [-0.05, 0) is 45.8 Å². The molecule has 0 fully saturated rings. The van der Waals surface area contributed by atoms with E-state index >= 15 is 0 Å². The normalized spacial score (nSPS) is 11.9. The molecule has 0 radical (unpaired) electrons. The Morgan fingerprint density at radius 3 is 2.15 bits per heavy atom. The van der Waals surface area contributed by atoms with Gasteiger partial charge in [-0.25, -0.2) is 4.98 Å². The van der Waals surface area contributed by atoms with Crippen molar-refractivity contribution in [2.45, 2.75) is 52.4 Å². The Labute approximate surface area is 296 Å². The Morgan fingerprint density at radius 1 is 0.708 bits per heavy atom. The molecule has 3 heterocycles. The number of aromatic nitrogens is 3. The number of phenols is 1. The Balaban J connectivity index is 0.00000401. The summed E-state index contributed by atoms with van der Waals surface area (Å²) in [6.45, 7) is 13.0. The molecule has 0 aliphatic heterocycles. The first kappa shape index (κ1) is 33.2. The monoisotopic (exact) mass is 811 g/mol. The number of benzene rings is 4. The van der Waals surface area contributed by atoms with Crippen LogP contribution in [0.5, 0.6) is 17.4 Å². The van der Waals surface area contributed by atoms with Crippen LogP contribution in [0, 0.1) is 6.07 Å². The molecule has 0 amide bonds. The van der Waals surface area contributed by atoms with Gasteiger partial charge in [0.1, 0.15) is 11.4 Å². The number of ether oxygens (including phenoxy) is 1. The molecule has 1 N–H and O–H groups in total. The molecule has 0 aliphatic carbocycles. The van der Waals surface area contributed by atoms with Crippen LogP contribution in [0.2, 0.25) is 0 Å². The second kappa shape index (κ2) is 12.7. The molecular weight excluding hydrogens is 774 g/mol. The smallest absolute Gasteiger partial charge is 0.217 e. The second-order valence-corrected chi connectivity index (χ2v) is 14.1. The first-order valence-corrected chi connectivity index (χ1v) is 16.0. The standard InChI is InChI=1S/C42H38N3O2.Pt/c1-41(2,3)30-25-34(42(4,5)6)39(46)37(26-30)45-36-17-11-10-16-32(36)33-19-20-35(44-40(33)45)29-22-28(27-14-8-7-9-15-27)23-31(24-29)47-38-18-12-13-21-43-38;/h7-23,25-26,46H,1-6H3;/q-1;. The van der Waals surface area contributed by atoms with Crippen molar-refractivity contribution in [2.24, 2.45) is 0 Å². The molecule has 0 spiro atoms. The summed E-state index contributed by atoms with van der Waals surface area (Å²) >= 11 is 0. The van der Waals surface area contributed by atoms with E-state index < -0.39 is 0 Å². The Morgan fingerprint density at radius 2 is 1.44 bits per heavy atom. The Hall–Kier alpha value is -4.73. The summed E-state index contributed by atoms with van der Waals surface area (Å²) in [5, 5.41) is 14.0. The number of aromatic hydroxyl groups is 1. The Bertz CT molecular complexity index is 2250. The topological polar surface area (TPSA) is 60.2 Å². The second-order valence-electron chi connectivity index (χ2n) is 14.1. The van der Waals surface area contributed by atoms with Gasteiger partial charge >= 0.3 is 0 Å². The van der Waals surface area contributed by atoms with Gasteiger partial charge in [0.15, 0.2) is 0 Å². The molecule has 7 aromatic rings. The number of phenolic OH excluding ortho intramolecular Hbond substituents is 1. The molecule has 6 heteroatoms. The molecule has 0 saturated carbocycles. The number of para-hydroxylation sites is 1. The van der Waals surface area contributed by atoms with Crippen LogP contribution in [0.15, 0.2) is 115 Å². The third kappa shape index (κ3) is 6.27. The van der Waals surface area contributed by atoms with Crippen molar-refractivity contribution >= 4 is 21.9 Å². The summed E-state index contributed by atoms with van der Waals surface area (Å²) in [6, 6.07) is 40.1. The number of fused-ring (bicyclic) bond motifs is 3. The summed E-state index contributed by atoms with van der Waals surface area (Å²) in [4.78, 5) is 9.68. The first-order chi connectivity index (χ1) is 22.5. The van der Waals surface area contributed by atoms with Crippen LogP contribution in [0.3, 0.4) is 0 Å². The van der Waals surface area contributed by atoms with Crippen LogP contribution in [0.1, 0.15) is 52.7 Å². The van der Waals surface area contributed by atoms with Gasteiger partial charge in [0.25, 0.3) is 0 Å². The predicted molar refractivity (Wildman–Crippen MR) is 192 cm³/mol. The molecule has 7 rings (SSSR count). The van der Waals surface area contributed by atoms with Crippen molar-refractivity contribution < 1.29 is 30.9 Å². The number of hydrogen-bond acceptors (Lipinski definition) is 4. The van der Waals surface area contributed by atoms with E-state index in [1.165, 1.54) is 0 Å². The summed E-state index contributed by atoms with van der Waals surface area (Å²) in [6.07, 6.45) is 1.71. The maximum atomic E-state index is 12.0. The fourth-order valence-electron chi connectivity index (χ4n) is 6.08. The predicted octanol–water partition coefficient (Wildman–Crippen LogP) is 10.8. The third-order valence-electron chi connectivity index (χ3n) is 8.61. The first-order valence-electron chi connectivity index (χ1n) is 16.0. The van der Waals surface area contributed by atoms with Crippen molar-refractivity contribution in [3.05, 3.63) is 133 Å². The van der Waals surface area contributed by atoms with Gasteiger partial charge in [-0.3, -0.25) is 9.55 Å². The largest absolute Gasteiger partial charge is 0.505 e. The zero-order valence-corrected chi connectivity index (χ0v) is 30.3. The van der Waals surface area contributed by atoms with E-state index in [1.807, 2.05) is 60.7 Å². The number of nitrogens with zero attached hydrogens (tertiary/aromatic N) is 3. The minimum absolute atomic E-state index is 0. The SMILES string of the molecule is CC(C)(C)c1cc(-n2c3ccccc3c3ccc(-c4[c-]c(Oc5ccccn5)cc(-c5ccccc5)c4)nc32)c(O)c(C(C)(C)C)c1.[Pt]. The molecule has 0 saturated heterocycles. The maximum absolute atomic E-state index is 12.0. The minimum Gasteiger partial charge on any atom is -0.505 e. The van der Waals surface area contributed by atoms with E-state index in [0.717, 1.165) is 61.1 Å². The van der Waals surface area contributed by atoms with Gasteiger partial charge in [0.2, 0.25) is 5.88 Å². The maximum Gasteiger partial charge on any atom is 0.217 e. The van der Waals surface area contributed by atoms with Crippen LogP contribution in [-0.4, -0.2) is 19.6 Å². The van der Waals surface area contributed by atoms with Crippen molar-refractivity contribution in [2.75, 3.05) is 0 Å². The summed E-state index contributed by atoms with van der Waals surface area (Å²) in [5.74, 6) is 1.31. The molecule has 0 aliphatic rings. The number of rotatable bonds is 5. The fourth-order valence-corrected chi connectivity index (χ4v) is 6.08. The van der Waals surface area contributed by atoms with E-state index in [2.05, 4.69) is 106 Å². The molecule has 4 aromatic carbocycles. The third-order valence-corrected chi connectivity index (χ3v) is 8.61. The number of hydrogen-bond donors (Lipinski definition) is 1. The molecule has 244 valence electrons. The van der Waals surface area contributed by atoms with E-state index in [-0.39, 0.29) is 37.6 Å². The molecule has 0 unspecified atom stereocenters. The minimum atomic E-state index is -0.270. The van der Waals surface area contributed by atoms with Crippen LogP contribution in [0.4, 0.5) is 0 Å². The Kier molecular flexibility index (Phi) is 8.78. The van der Waals surface area contributed by atoms with E-state index in [1.54, 1.807) is 6.20 Å². The molecule has 48 heavy (non-hydrogen) atoms. The summed E-state index contributed by atoms with van der Waals surface area (Å²) in [5.41, 5.74) is 7.70. The van der Waals surface area contributed by atoms with Crippen molar-refractivity contribution in [1.82, 2.24) is 14.5 Å². The van der Waals surface area contributed by atoms with Gasteiger partial charge in [-0.15, -0.1) is 11.6 Å². The van der Waals surface area contributed by atoms with Crippen LogP contribution in [-0.2, 0) is 31.9 Å².